The van der Waals surface area contributed by atoms with Crippen LogP contribution in [0.2, 0.25) is 0 Å². The van der Waals surface area contributed by atoms with Crippen LogP contribution >= 0.6 is 24.0 Å². The summed E-state index contributed by atoms with van der Waals surface area (Å²) in [6.07, 6.45) is 1.50. The maximum Gasteiger partial charge on any atom is 0.293 e. The number of rotatable bonds is 3. The van der Waals surface area contributed by atoms with Crippen LogP contribution in [0.1, 0.15) is 12.5 Å². The lowest BCUT2D eigenvalue weighted by atomic mass is 10.1. The summed E-state index contributed by atoms with van der Waals surface area (Å²) in [6, 6.07) is 4.27. The van der Waals surface area contributed by atoms with Gasteiger partial charge < -0.3 is 10.6 Å². The lowest BCUT2D eigenvalue weighted by Gasteiger charge is -2.04. The van der Waals surface area contributed by atoms with E-state index in [1.807, 2.05) is 0 Å². The van der Waals surface area contributed by atoms with Crippen molar-refractivity contribution in [1.82, 2.24) is 5.32 Å². The highest BCUT2D eigenvalue weighted by Crippen LogP contribution is 2.30. The van der Waals surface area contributed by atoms with Crippen molar-refractivity contribution in [1.29, 1.82) is 0 Å². The fourth-order valence-electron chi connectivity index (χ4n) is 1.66. The first kappa shape index (κ1) is 15.1. The molecule has 1 fully saturated rings. The maximum absolute atomic E-state index is 11.5. The second-order valence-electron chi connectivity index (χ2n) is 4.07. The predicted molar refractivity (Wildman–Crippen MR) is 83.7 cm³/mol. The van der Waals surface area contributed by atoms with E-state index in [9.17, 15) is 19.7 Å². The van der Waals surface area contributed by atoms with Gasteiger partial charge in [0, 0.05) is 13.0 Å². The van der Waals surface area contributed by atoms with Gasteiger partial charge in [-0.1, -0.05) is 30.0 Å². The van der Waals surface area contributed by atoms with Crippen LogP contribution < -0.4 is 10.6 Å². The summed E-state index contributed by atoms with van der Waals surface area (Å²) in [6.45, 7) is 1.26. The van der Waals surface area contributed by atoms with Crippen LogP contribution in [-0.2, 0) is 9.59 Å². The Morgan fingerprint density at radius 3 is 2.76 bits per heavy atom. The molecule has 9 heteroatoms. The summed E-state index contributed by atoms with van der Waals surface area (Å²) in [5.74, 6) is -0.737. The second-order valence-corrected chi connectivity index (χ2v) is 5.79. The van der Waals surface area contributed by atoms with Gasteiger partial charge in [0.1, 0.15) is 10.0 Å². The van der Waals surface area contributed by atoms with E-state index in [2.05, 4.69) is 10.6 Å². The Labute approximate surface area is 128 Å². The molecular weight excluding hydrogens is 314 g/mol. The highest BCUT2D eigenvalue weighted by molar-refractivity contribution is 8.26. The van der Waals surface area contributed by atoms with Gasteiger partial charge in [-0.25, -0.2) is 0 Å². The molecule has 2 N–H and O–H groups in total. The van der Waals surface area contributed by atoms with Gasteiger partial charge in [0.05, 0.1) is 9.83 Å². The van der Waals surface area contributed by atoms with E-state index in [0.717, 1.165) is 11.8 Å². The number of thiocarbonyl (C=S) groups is 1. The molecule has 2 rings (SSSR count). The standard InChI is InChI=1S/C12H9N3O4S2/c1-6(16)13-8-3-2-7(4-9(8)15(18)19)5-10-11(17)14-12(20)21-10/h2-5H,1H3,(H,13,16)(H,14,17,20)/b10-5+. The number of carbonyl (C=O) groups is 2. The van der Waals surface area contributed by atoms with Gasteiger partial charge in [-0.2, -0.15) is 0 Å². The summed E-state index contributed by atoms with van der Waals surface area (Å²) in [5, 5.41) is 15.9. The summed E-state index contributed by atoms with van der Waals surface area (Å²) in [4.78, 5) is 33.4. The number of nitro groups is 1. The van der Waals surface area contributed by atoms with E-state index in [0.29, 0.717) is 14.8 Å². The van der Waals surface area contributed by atoms with Crippen molar-refractivity contribution >= 4 is 57.6 Å². The van der Waals surface area contributed by atoms with Crippen molar-refractivity contribution in [2.75, 3.05) is 5.32 Å². The van der Waals surface area contributed by atoms with Crippen molar-refractivity contribution in [2.45, 2.75) is 6.92 Å². The number of hydrogen-bond acceptors (Lipinski definition) is 6. The average molecular weight is 323 g/mol. The quantitative estimate of drug-likeness (QED) is 0.382. The molecule has 0 spiro atoms. The first-order chi connectivity index (χ1) is 9.86. The summed E-state index contributed by atoms with van der Waals surface area (Å²) in [5.41, 5.74) is 0.331. The summed E-state index contributed by atoms with van der Waals surface area (Å²) >= 11 is 5.95. The third kappa shape index (κ3) is 3.64. The van der Waals surface area contributed by atoms with Crippen LogP contribution in [0.4, 0.5) is 11.4 Å². The van der Waals surface area contributed by atoms with Crippen LogP contribution in [0.5, 0.6) is 0 Å². The lowest BCUT2D eigenvalue weighted by Crippen LogP contribution is -2.17. The molecule has 1 aliphatic heterocycles. The molecule has 7 nitrogen and oxygen atoms in total. The lowest BCUT2D eigenvalue weighted by molar-refractivity contribution is -0.383. The van der Waals surface area contributed by atoms with Crippen LogP contribution in [-0.4, -0.2) is 21.1 Å². The Morgan fingerprint density at radius 1 is 1.52 bits per heavy atom. The number of nitro benzene ring substituents is 1. The minimum Gasteiger partial charge on any atom is -0.321 e. The van der Waals surface area contributed by atoms with E-state index < -0.39 is 10.8 Å². The number of hydrogen-bond donors (Lipinski definition) is 2. The minimum atomic E-state index is -0.597. The van der Waals surface area contributed by atoms with Crippen LogP contribution in [0.15, 0.2) is 23.1 Å². The molecule has 1 aromatic carbocycles. The fraction of sp³-hybridized carbons (Fsp3) is 0.0833. The van der Waals surface area contributed by atoms with Gasteiger partial charge >= 0.3 is 0 Å². The number of anilines is 1. The first-order valence-corrected chi connectivity index (χ1v) is 6.90. The molecule has 108 valence electrons. The Balaban J connectivity index is 2.38. The SMILES string of the molecule is CC(=O)Nc1ccc(/C=C2/SC(=S)NC2=O)cc1[N+](=O)[O-]. The zero-order valence-corrected chi connectivity index (χ0v) is 12.3. The van der Waals surface area contributed by atoms with E-state index >= 15 is 0 Å². The van der Waals surface area contributed by atoms with E-state index in [1.165, 1.54) is 25.1 Å². The molecule has 0 aliphatic carbocycles. The predicted octanol–water partition coefficient (Wildman–Crippen LogP) is 2.04. The maximum atomic E-state index is 11.5. The molecule has 21 heavy (non-hydrogen) atoms. The van der Waals surface area contributed by atoms with Crippen LogP contribution in [0, 0.1) is 10.1 Å². The molecule has 1 heterocycles. The van der Waals surface area contributed by atoms with E-state index in [1.54, 1.807) is 6.07 Å². The van der Waals surface area contributed by atoms with Crippen molar-refractivity contribution in [2.24, 2.45) is 0 Å². The number of carbonyl (C=O) groups excluding carboxylic acids is 2. The molecule has 0 aromatic heterocycles. The summed E-state index contributed by atoms with van der Waals surface area (Å²) in [7, 11) is 0. The minimum absolute atomic E-state index is 0.105. The zero-order valence-electron chi connectivity index (χ0n) is 10.7. The van der Waals surface area contributed by atoms with Crippen molar-refractivity contribution < 1.29 is 14.5 Å². The Hall–Kier alpha value is -2.26. The molecule has 1 saturated heterocycles. The van der Waals surface area contributed by atoms with Gasteiger partial charge in [-0.15, -0.1) is 0 Å². The number of nitrogens with zero attached hydrogens (tertiary/aromatic N) is 1. The first-order valence-electron chi connectivity index (χ1n) is 5.67. The second kappa shape index (κ2) is 6.02. The molecule has 2 amide bonds. The number of thioether (sulfide) groups is 1. The number of benzene rings is 1. The summed E-state index contributed by atoms with van der Waals surface area (Å²) < 4.78 is 0.343. The monoisotopic (exact) mass is 323 g/mol. The van der Waals surface area contributed by atoms with E-state index in [-0.39, 0.29) is 17.3 Å². The highest BCUT2D eigenvalue weighted by atomic mass is 32.2. The van der Waals surface area contributed by atoms with Crippen molar-refractivity contribution in [3.63, 3.8) is 0 Å². The normalized spacial score (nSPS) is 16.0. The molecule has 0 bridgehead atoms. The van der Waals surface area contributed by atoms with E-state index in [4.69, 9.17) is 12.2 Å². The molecule has 0 unspecified atom stereocenters. The number of nitrogens with one attached hydrogen (secondary N) is 2. The van der Waals surface area contributed by atoms with Gasteiger partial charge in [-0.3, -0.25) is 19.7 Å². The van der Waals surface area contributed by atoms with Crippen molar-refractivity contribution in [3.8, 4) is 0 Å². The molecule has 0 radical (unpaired) electrons. The van der Waals surface area contributed by atoms with Crippen molar-refractivity contribution in [3.05, 3.63) is 38.8 Å². The third-order valence-corrected chi connectivity index (χ3v) is 3.63. The van der Waals surface area contributed by atoms with Gasteiger partial charge in [-0.05, 0) is 17.7 Å². The Morgan fingerprint density at radius 2 is 2.24 bits per heavy atom. The highest BCUT2D eigenvalue weighted by Gasteiger charge is 2.22. The molecular formula is C12H9N3O4S2. The largest absolute Gasteiger partial charge is 0.321 e. The van der Waals surface area contributed by atoms with Crippen LogP contribution in [0.3, 0.4) is 0 Å². The topological polar surface area (TPSA) is 101 Å². The molecule has 0 saturated carbocycles. The van der Waals surface area contributed by atoms with Crippen LogP contribution in [0.25, 0.3) is 6.08 Å². The number of amides is 2. The Kier molecular flexibility index (Phi) is 4.34. The molecule has 1 aliphatic rings. The third-order valence-electron chi connectivity index (χ3n) is 2.47. The zero-order chi connectivity index (χ0) is 15.6. The van der Waals surface area contributed by atoms with Gasteiger partial charge in [0.2, 0.25) is 5.91 Å². The fourth-order valence-corrected chi connectivity index (χ4v) is 2.70. The smallest absolute Gasteiger partial charge is 0.293 e. The molecule has 1 aromatic rings. The Bertz CT molecular complexity index is 700. The van der Waals surface area contributed by atoms with Gasteiger partial charge in [0.25, 0.3) is 11.6 Å². The molecule has 0 atom stereocenters. The van der Waals surface area contributed by atoms with Gasteiger partial charge in [0.15, 0.2) is 0 Å². The average Bonchev–Trinajstić information content (AvgIpc) is 2.68.